The van der Waals surface area contributed by atoms with Crippen LogP contribution in [-0.2, 0) is 0 Å². The fourth-order valence-corrected chi connectivity index (χ4v) is 2.57. The van der Waals surface area contributed by atoms with Crippen molar-refractivity contribution in [3.8, 4) is 0 Å². The first-order chi connectivity index (χ1) is 8.11. The van der Waals surface area contributed by atoms with Gasteiger partial charge in [0, 0.05) is 10.5 Å². The quantitative estimate of drug-likeness (QED) is 0.792. The lowest BCUT2D eigenvalue weighted by molar-refractivity contribution is 0.376. The van der Waals surface area contributed by atoms with E-state index >= 15 is 0 Å². The van der Waals surface area contributed by atoms with E-state index in [4.69, 9.17) is 0 Å². The Bertz CT molecular complexity index is 349. The van der Waals surface area contributed by atoms with E-state index in [-0.39, 0.29) is 0 Å². The number of aryl methyl sites for hydroxylation is 1. The molecular weight excluding hydrogens is 274 g/mol. The van der Waals surface area contributed by atoms with Gasteiger partial charge in [0.1, 0.15) is 0 Å². The van der Waals surface area contributed by atoms with Gasteiger partial charge in [-0.15, -0.1) is 0 Å². The molecule has 1 aromatic carbocycles. The van der Waals surface area contributed by atoms with Crippen LogP contribution in [0.2, 0.25) is 0 Å². The van der Waals surface area contributed by atoms with Crippen LogP contribution in [0.3, 0.4) is 0 Å². The normalized spacial score (nSPS) is 14.6. The molecule has 0 aliphatic rings. The molecule has 0 saturated heterocycles. The SMILES string of the molecule is CCCNC(c1cccc(C)c1Br)C(C)CC. The summed E-state index contributed by atoms with van der Waals surface area (Å²) in [5.74, 6) is 0.652. The highest BCUT2D eigenvalue weighted by atomic mass is 79.9. The van der Waals surface area contributed by atoms with E-state index in [2.05, 4.69) is 67.1 Å². The first-order valence-corrected chi connectivity index (χ1v) is 7.39. The third kappa shape index (κ3) is 3.82. The zero-order chi connectivity index (χ0) is 12.8. The molecule has 2 atom stereocenters. The summed E-state index contributed by atoms with van der Waals surface area (Å²) in [6, 6.07) is 6.99. The van der Waals surface area contributed by atoms with Crippen molar-refractivity contribution < 1.29 is 0 Å². The van der Waals surface area contributed by atoms with E-state index in [1.54, 1.807) is 0 Å². The highest BCUT2D eigenvalue weighted by Gasteiger charge is 2.19. The van der Waals surface area contributed by atoms with E-state index in [0.717, 1.165) is 6.54 Å². The van der Waals surface area contributed by atoms with Crippen LogP contribution in [0, 0.1) is 12.8 Å². The van der Waals surface area contributed by atoms with Gasteiger partial charge in [0.25, 0.3) is 0 Å². The maximum Gasteiger partial charge on any atom is 0.0357 e. The predicted octanol–water partition coefficient (Wildman–Crippen LogP) is 4.84. The maximum atomic E-state index is 3.73. The second-order valence-electron chi connectivity index (χ2n) is 4.80. The molecule has 0 aromatic heterocycles. The Hall–Kier alpha value is -0.340. The molecule has 0 saturated carbocycles. The van der Waals surface area contributed by atoms with Gasteiger partial charge in [0.05, 0.1) is 0 Å². The smallest absolute Gasteiger partial charge is 0.0357 e. The van der Waals surface area contributed by atoms with Gasteiger partial charge in [-0.05, 0) is 36.9 Å². The number of benzene rings is 1. The Labute approximate surface area is 114 Å². The Morgan fingerprint density at radius 1 is 1.29 bits per heavy atom. The number of halogens is 1. The molecular formula is C15H24BrN. The molecule has 0 aliphatic heterocycles. The molecule has 2 unspecified atom stereocenters. The first-order valence-electron chi connectivity index (χ1n) is 6.60. The summed E-state index contributed by atoms with van der Waals surface area (Å²) in [7, 11) is 0. The van der Waals surface area contributed by atoms with Crippen LogP contribution in [-0.4, -0.2) is 6.54 Å². The lowest BCUT2D eigenvalue weighted by Gasteiger charge is -2.26. The van der Waals surface area contributed by atoms with Gasteiger partial charge in [0.2, 0.25) is 0 Å². The molecule has 0 spiro atoms. The molecule has 0 bridgehead atoms. The summed E-state index contributed by atoms with van der Waals surface area (Å²) < 4.78 is 1.26. The van der Waals surface area contributed by atoms with Gasteiger partial charge < -0.3 is 5.32 Å². The number of hydrogen-bond donors (Lipinski definition) is 1. The van der Waals surface area contributed by atoms with Gasteiger partial charge in [0.15, 0.2) is 0 Å². The monoisotopic (exact) mass is 297 g/mol. The predicted molar refractivity (Wildman–Crippen MR) is 79.4 cm³/mol. The number of hydrogen-bond acceptors (Lipinski definition) is 1. The van der Waals surface area contributed by atoms with Crippen molar-refractivity contribution in [3.05, 3.63) is 33.8 Å². The van der Waals surface area contributed by atoms with E-state index in [0.29, 0.717) is 12.0 Å². The number of rotatable bonds is 6. The topological polar surface area (TPSA) is 12.0 Å². The van der Waals surface area contributed by atoms with Gasteiger partial charge in [-0.2, -0.15) is 0 Å². The van der Waals surface area contributed by atoms with Crippen molar-refractivity contribution in [1.82, 2.24) is 5.32 Å². The third-order valence-electron chi connectivity index (χ3n) is 3.38. The highest BCUT2D eigenvalue weighted by molar-refractivity contribution is 9.10. The van der Waals surface area contributed by atoms with E-state index in [1.807, 2.05) is 0 Å². The summed E-state index contributed by atoms with van der Waals surface area (Å²) in [6.07, 6.45) is 2.37. The molecule has 0 heterocycles. The van der Waals surface area contributed by atoms with Crippen LogP contribution >= 0.6 is 15.9 Å². The standard InChI is InChI=1S/C15H24BrN/c1-5-10-17-15(11(3)6-2)13-9-7-8-12(4)14(13)16/h7-9,11,15,17H,5-6,10H2,1-4H3. The molecule has 1 rings (SSSR count). The Balaban J connectivity index is 2.99. The molecule has 1 aromatic rings. The fraction of sp³-hybridized carbons (Fsp3) is 0.600. The van der Waals surface area contributed by atoms with Crippen LogP contribution in [0.4, 0.5) is 0 Å². The van der Waals surface area contributed by atoms with Crippen molar-refractivity contribution in [2.24, 2.45) is 5.92 Å². The van der Waals surface area contributed by atoms with E-state index < -0.39 is 0 Å². The van der Waals surface area contributed by atoms with E-state index in [9.17, 15) is 0 Å². The van der Waals surface area contributed by atoms with E-state index in [1.165, 1.54) is 28.4 Å². The van der Waals surface area contributed by atoms with Crippen LogP contribution in [0.25, 0.3) is 0 Å². The largest absolute Gasteiger partial charge is 0.310 e. The maximum absolute atomic E-state index is 3.73. The summed E-state index contributed by atoms with van der Waals surface area (Å²) in [4.78, 5) is 0. The first kappa shape index (κ1) is 14.7. The molecule has 1 N–H and O–H groups in total. The Morgan fingerprint density at radius 3 is 2.59 bits per heavy atom. The second kappa shape index (κ2) is 7.17. The molecule has 0 aliphatic carbocycles. The third-order valence-corrected chi connectivity index (χ3v) is 4.47. The van der Waals surface area contributed by atoms with Crippen molar-refractivity contribution in [3.63, 3.8) is 0 Å². The van der Waals surface area contributed by atoms with Crippen LogP contribution < -0.4 is 5.32 Å². The zero-order valence-corrected chi connectivity index (χ0v) is 13.0. The second-order valence-corrected chi connectivity index (χ2v) is 5.59. The molecule has 1 nitrogen and oxygen atoms in total. The molecule has 0 amide bonds. The van der Waals surface area contributed by atoms with Crippen LogP contribution in [0.15, 0.2) is 22.7 Å². The van der Waals surface area contributed by atoms with Crippen molar-refractivity contribution in [2.45, 2.75) is 46.6 Å². The van der Waals surface area contributed by atoms with Crippen molar-refractivity contribution >= 4 is 15.9 Å². The Morgan fingerprint density at radius 2 is 2.00 bits per heavy atom. The lowest BCUT2D eigenvalue weighted by atomic mass is 9.91. The minimum atomic E-state index is 0.453. The average molecular weight is 298 g/mol. The number of nitrogens with one attached hydrogen (secondary N) is 1. The van der Waals surface area contributed by atoms with Gasteiger partial charge >= 0.3 is 0 Å². The molecule has 17 heavy (non-hydrogen) atoms. The van der Waals surface area contributed by atoms with Crippen LogP contribution in [0.5, 0.6) is 0 Å². The Kier molecular flexibility index (Phi) is 6.21. The summed E-state index contributed by atoms with van der Waals surface area (Å²) in [5.41, 5.74) is 2.71. The molecule has 2 heteroatoms. The minimum absolute atomic E-state index is 0.453. The van der Waals surface area contributed by atoms with Crippen molar-refractivity contribution in [2.75, 3.05) is 6.54 Å². The summed E-state index contributed by atoms with van der Waals surface area (Å²) in [5, 5.41) is 3.67. The zero-order valence-electron chi connectivity index (χ0n) is 11.4. The molecule has 0 radical (unpaired) electrons. The fourth-order valence-electron chi connectivity index (χ4n) is 2.06. The van der Waals surface area contributed by atoms with Crippen LogP contribution in [0.1, 0.15) is 50.8 Å². The minimum Gasteiger partial charge on any atom is -0.310 e. The molecule has 96 valence electrons. The van der Waals surface area contributed by atoms with Crippen molar-refractivity contribution in [1.29, 1.82) is 0 Å². The highest BCUT2D eigenvalue weighted by Crippen LogP contribution is 2.32. The summed E-state index contributed by atoms with van der Waals surface area (Å²) >= 11 is 3.73. The summed E-state index contributed by atoms with van der Waals surface area (Å²) in [6.45, 7) is 10.0. The van der Waals surface area contributed by atoms with Gasteiger partial charge in [-0.3, -0.25) is 0 Å². The van der Waals surface area contributed by atoms with Gasteiger partial charge in [-0.25, -0.2) is 0 Å². The molecule has 0 fully saturated rings. The van der Waals surface area contributed by atoms with Gasteiger partial charge in [-0.1, -0.05) is 61.3 Å². The average Bonchev–Trinajstić information content (AvgIpc) is 2.34. The lowest BCUT2D eigenvalue weighted by Crippen LogP contribution is -2.27.